The van der Waals surface area contributed by atoms with Gasteiger partial charge in [0.15, 0.2) is 9.84 Å². The molecule has 0 saturated heterocycles. The molecule has 0 saturated carbocycles. The van der Waals surface area contributed by atoms with Gasteiger partial charge in [0.05, 0.1) is 27.6 Å². The van der Waals surface area contributed by atoms with E-state index in [0.29, 0.717) is 10.5 Å². The number of halogens is 3. The first-order valence-corrected chi connectivity index (χ1v) is 10.2. The zero-order chi connectivity index (χ0) is 18.9. The predicted octanol–water partition coefficient (Wildman–Crippen LogP) is 3.96. The van der Waals surface area contributed by atoms with Crippen LogP contribution in [0, 0.1) is 0 Å². The minimum absolute atomic E-state index is 0.336. The number of sulfone groups is 1. The summed E-state index contributed by atoms with van der Waals surface area (Å²) in [7, 11) is -3.86. The highest BCUT2D eigenvalue weighted by Gasteiger charge is 2.35. The Bertz CT molecular complexity index is 996. The lowest BCUT2D eigenvalue weighted by atomic mass is 10.0. The Kier molecular flexibility index (Phi) is 5.05. The fourth-order valence-electron chi connectivity index (χ4n) is 2.60. The molecule has 0 amide bonds. The molecule has 0 radical (unpaired) electrons. The zero-order valence-corrected chi connectivity index (χ0v) is 14.9. The number of fused-ring (bicyclic) bond motifs is 1. The van der Waals surface area contributed by atoms with E-state index in [-0.39, 0.29) is 0 Å². The number of hydrogen-bond donors (Lipinski definition) is 1. The van der Waals surface area contributed by atoms with Gasteiger partial charge in [0.2, 0.25) is 0 Å². The summed E-state index contributed by atoms with van der Waals surface area (Å²) in [6.07, 6.45) is -6.44. The standard InChI is InChI=1S/C17H14F3NO3S2/c18-17(19,20)12-6-2-1-5-11(12)14(22)9-26(23,24)10-16-21-13-7-3-4-8-15(13)25-16/h1-8,14,22H,9-10H2/t14-/m1/s1. The topological polar surface area (TPSA) is 67.3 Å². The summed E-state index contributed by atoms with van der Waals surface area (Å²) < 4.78 is 64.6. The van der Waals surface area contributed by atoms with E-state index in [2.05, 4.69) is 4.98 Å². The quantitative estimate of drug-likeness (QED) is 0.703. The van der Waals surface area contributed by atoms with Gasteiger partial charge in [-0.1, -0.05) is 30.3 Å². The van der Waals surface area contributed by atoms with Crippen LogP contribution in [0.25, 0.3) is 10.2 Å². The summed E-state index contributed by atoms with van der Waals surface area (Å²) in [6.45, 7) is 0. The molecule has 9 heteroatoms. The number of aliphatic hydroxyl groups excluding tert-OH is 1. The summed E-state index contributed by atoms with van der Waals surface area (Å²) in [5.74, 6) is -1.24. The molecule has 0 spiro atoms. The molecule has 0 fully saturated rings. The monoisotopic (exact) mass is 401 g/mol. The number of aromatic nitrogens is 1. The molecule has 0 unspecified atom stereocenters. The third kappa shape index (κ3) is 4.22. The van der Waals surface area contributed by atoms with E-state index in [1.165, 1.54) is 23.5 Å². The Balaban J connectivity index is 1.81. The molecule has 3 rings (SSSR count). The molecule has 4 nitrogen and oxygen atoms in total. The molecule has 0 aliphatic carbocycles. The van der Waals surface area contributed by atoms with Gasteiger partial charge in [0.25, 0.3) is 0 Å². The molecule has 1 N–H and O–H groups in total. The van der Waals surface area contributed by atoms with E-state index in [1.807, 2.05) is 0 Å². The van der Waals surface area contributed by atoms with Crippen molar-refractivity contribution in [1.82, 2.24) is 4.98 Å². The molecule has 1 heterocycles. The van der Waals surface area contributed by atoms with E-state index >= 15 is 0 Å². The van der Waals surface area contributed by atoms with Crippen LogP contribution in [0.15, 0.2) is 48.5 Å². The molecule has 0 bridgehead atoms. The van der Waals surface area contributed by atoms with E-state index < -0.39 is 44.8 Å². The summed E-state index contributed by atoms with van der Waals surface area (Å²) >= 11 is 1.20. The van der Waals surface area contributed by atoms with E-state index in [1.54, 1.807) is 24.3 Å². The molecule has 2 aromatic carbocycles. The Morgan fingerprint density at radius 2 is 1.73 bits per heavy atom. The maximum atomic E-state index is 13.0. The number of hydrogen-bond acceptors (Lipinski definition) is 5. The van der Waals surface area contributed by atoms with Crippen molar-refractivity contribution in [2.45, 2.75) is 18.0 Å². The van der Waals surface area contributed by atoms with Crippen molar-refractivity contribution in [3.05, 3.63) is 64.7 Å². The number of rotatable bonds is 5. The van der Waals surface area contributed by atoms with Crippen LogP contribution < -0.4 is 0 Å². The average molecular weight is 401 g/mol. The molecule has 1 aromatic heterocycles. The van der Waals surface area contributed by atoms with Gasteiger partial charge in [-0.05, 0) is 23.8 Å². The molecule has 1 atom stereocenters. The number of nitrogens with zero attached hydrogens (tertiary/aromatic N) is 1. The van der Waals surface area contributed by atoms with Crippen molar-refractivity contribution in [2.75, 3.05) is 5.75 Å². The molecular weight excluding hydrogens is 387 g/mol. The van der Waals surface area contributed by atoms with Gasteiger partial charge in [-0.2, -0.15) is 13.2 Å². The van der Waals surface area contributed by atoms with Crippen LogP contribution in [0.2, 0.25) is 0 Å². The highest BCUT2D eigenvalue weighted by Crippen LogP contribution is 2.35. The molecule has 3 aromatic rings. The van der Waals surface area contributed by atoms with Crippen LogP contribution in [0.3, 0.4) is 0 Å². The van der Waals surface area contributed by atoms with Crippen molar-refractivity contribution in [1.29, 1.82) is 0 Å². The number of alkyl halides is 3. The van der Waals surface area contributed by atoms with Crippen LogP contribution in [0.4, 0.5) is 13.2 Å². The lowest BCUT2D eigenvalue weighted by Gasteiger charge is -2.17. The van der Waals surface area contributed by atoms with E-state index in [4.69, 9.17) is 0 Å². The second-order valence-corrected chi connectivity index (χ2v) is 8.96. The van der Waals surface area contributed by atoms with Crippen LogP contribution in [-0.4, -0.2) is 24.3 Å². The SMILES string of the molecule is O=S(=O)(Cc1nc2ccccc2s1)C[C@@H](O)c1ccccc1C(F)(F)F. The third-order valence-electron chi connectivity index (χ3n) is 3.72. The fourth-order valence-corrected chi connectivity index (χ4v) is 5.36. The predicted molar refractivity (Wildman–Crippen MR) is 93.5 cm³/mol. The van der Waals surface area contributed by atoms with Gasteiger partial charge in [0.1, 0.15) is 10.8 Å². The molecular formula is C17H14F3NO3S2. The first-order chi connectivity index (χ1) is 12.2. The Morgan fingerprint density at radius 1 is 1.08 bits per heavy atom. The Hall–Kier alpha value is -1.97. The lowest BCUT2D eigenvalue weighted by molar-refractivity contribution is -0.139. The summed E-state index contributed by atoms with van der Waals surface area (Å²) in [5.41, 5.74) is -0.832. The van der Waals surface area contributed by atoms with Gasteiger partial charge in [-0.15, -0.1) is 11.3 Å². The molecule has 0 aliphatic rings. The van der Waals surface area contributed by atoms with Gasteiger partial charge in [-0.3, -0.25) is 0 Å². The molecule has 26 heavy (non-hydrogen) atoms. The average Bonchev–Trinajstić information content (AvgIpc) is 2.94. The maximum Gasteiger partial charge on any atom is 0.416 e. The Morgan fingerprint density at radius 3 is 2.42 bits per heavy atom. The summed E-state index contributed by atoms with van der Waals surface area (Å²) in [6, 6.07) is 11.5. The lowest BCUT2D eigenvalue weighted by Crippen LogP contribution is -2.19. The first kappa shape index (κ1) is 18.8. The normalized spacial score (nSPS) is 13.8. The number of benzene rings is 2. The molecule has 0 aliphatic heterocycles. The number of aliphatic hydroxyl groups is 1. The fraction of sp³-hybridized carbons (Fsp3) is 0.235. The van der Waals surface area contributed by atoms with Crippen molar-refractivity contribution in [2.24, 2.45) is 0 Å². The Labute approximate surface area is 151 Å². The van der Waals surface area contributed by atoms with Crippen LogP contribution in [-0.2, 0) is 21.8 Å². The van der Waals surface area contributed by atoms with Crippen molar-refractivity contribution >= 4 is 31.4 Å². The number of para-hydroxylation sites is 1. The minimum Gasteiger partial charge on any atom is -0.387 e. The summed E-state index contributed by atoms with van der Waals surface area (Å²) in [4.78, 5) is 4.21. The van der Waals surface area contributed by atoms with E-state index in [0.717, 1.165) is 16.8 Å². The second-order valence-electron chi connectivity index (χ2n) is 5.73. The van der Waals surface area contributed by atoms with Crippen LogP contribution in [0.1, 0.15) is 22.2 Å². The maximum absolute atomic E-state index is 13.0. The summed E-state index contributed by atoms with van der Waals surface area (Å²) in [5, 5.41) is 10.5. The van der Waals surface area contributed by atoms with Crippen molar-refractivity contribution < 1.29 is 26.7 Å². The van der Waals surface area contributed by atoms with E-state index in [9.17, 15) is 26.7 Å². The number of thiazole rings is 1. The third-order valence-corrected chi connectivity index (χ3v) is 6.47. The van der Waals surface area contributed by atoms with Gasteiger partial charge >= 0.3 is 6.18 Å². The van der Waals surface area contributed by atoms with Gasteiger partial charge in [-0.25, -0.2) is 13.4 Å². The smallest absolute Gasteiger partial charge is 0.387 e. The second kappa shape index (κ2) is 6.98. The van der Waals surface area contributed by atoms with Crippen LogP contribution >= 0.6 is 11.3 Å². The van der Waals surface area contributed by atoms with Gasteiger partial charge in [0, 0.05) is 0 Å². The largest absolute Gasteiger partial charge is 0.416 e. The minimum atomic E-state index is -4.67. The van der Waals surface area contributed by atoms with Crippen molar-refractivity contribution in [3.8, 4) is 0 Å². The molecule has 138 valence electrons. The first-order valence-electron chi connectivity index (χ1n) is 7.55. The van der Waals surface area contributed by atoms with Gasteiger partial charge < -0.3 is 5.11 Å². The highest BCUT2D eigenvalue weighted by molar-refractivity contribution is 7.90. The van der Waals surface area contributed by atoms with Crippen molar-refractivity contribution in [3.63, 3.8) is 0 Å². The highest BCUT2D eigenvalue weighted by atomic mass is 32.2. The zero-order valence-electron chi connectivity index (χ0n) is 13.3. The van der Waals surface area contributed by atoms with Crippen LogP contribution in [0.5, 0.6) is 0 Å².